The van der Waals surface area contributed by atoms with Crippen LogP contribution in [0.1, 0.15) is 13.8 Å². The summed E-state index contributed by atoms with van der Waals surface area (Å²) in [6.45, 7) is 5.27. The van der Waals surface area contributed by atoms with E-state index in [-0.39, 0.29) is 11.7 Å². The SMILES string of the molecule is CCOc1ccccc1-c1nnc(SCC(=O)Nc2ccccc2)n1CC. The molecule has 0 aliphatic rings. The molecule has 1 amide bonds. The summed E-state index contributed by atoms with van der Waals surface area (Å²) in [5, 5.41) is 12.2. The van der Waals surface area contributed by atoms with E-state index in [1.54, 1.807) is 0 Å². The fourth-order valence-corrected chi connectivity index (χ4v) is 3.46. The number of hydrogen-bond donors (Lipinski definition) is 1. The minimum Gasteiger partial charge on any atom is -0.493 e. The number of amides is 1. The van der Waals surface area contributed by atoms with Gasteiger partial charge in [0.15, 0.2) is 11.0 Å². The van der Waals surface area contributed by atoms with Gasteiger partial charge in [-0.3, -0.25) is 4.79 Å². The first-order valence-corrected chi connectivity index (χ1v) is 9.84. The minimum atomic E-state index is -0.0758. The fourth-order valence-electron chi connectivity index (χ4n) is 2.66. The summed E-state index contributed by atoms with van der Waals surface area (Å²) in [5.41, 5.74) is 1.68. The summed E-state index contributed by atoms with van der Waals surface area (Å²) in [6, 6.07) is 17.2. The summed E-state index contributed by atoms with van der Waals surface area (Å²) in [4.78, 5) is 12.2. The molecule has 0 aliphatic carbocycles. The van der Waals surface area contributed by atoms with Crippen LogP contribution in [0.25, 0.3) is 11.4 Å². The molecule has 0 saturated heterocycles. The van der Waals surface area contributed by atoms with E-state index in [4.69, 9.17) is 4.74 Å². The molecule has 7 heteroatoms. The molecule has 2 aromatic carbocycles. The lowest BCUT2D eigenvalue weighted by atomic mass is 10.2. The molecule has 0 atom stereocenters. The van der Waals surface area contributed by atoms with Crippen LogP contribution >= 0.6 is 11.8 Å². The zero-order valence-corrected chi connectivity index (χ0v) is 16.2. The van der Waals surface area contributed by atoms with Crippen LogP contribution in [-0.4, -0.2) is 33.0 Å². The van der Waals surface area contributed by atoms with Crippen molar-refractivity contribution in [1.29, 1.82) is 0 Å². The third-order valence-corrected chi connectivity index (χ3v) is 4.82. The summed E-state index contributed by atoms with van der Waals surface area (Å²) in [7, 11) is 0. The molecule has 1 aromatic heterocycles. The second-order valence-corrected chi connectivity index (χ2v) is 6.62. The van der Waals surface area contributed by atoms with E-state index in [9.17, 15) is 4.79 Å². The number of aromatic nitrogens is 3. The van der Waals surface area contributed by atoms with Crippen molar-refractivity contribution in [3.05, 3.63) is 54.6 Å². The van der Waals surface area contributed by atoms with Gasteiger partial charge in [-0.15, -0.1) is 10.2 Å². The Labute approximate surface area is 163 Å². The Morgan fingerprint density at radius 1 is 1.07 bits per heavy atom. The number of nitrogens with one attached hydrogen (secondary N) is 1. The summed E-state index contributed by atoms with van der Waals surface area (Å²) >= 11 is 1.37. The molecule has 27 heavy (non-hydrogen) atoms. The van der Waals surface area contributed by atoms with Crippen molar-refractivity contribution in [3.8, 4) is 17.1 Å². The van der Waals surface area contributed by atoms with Gasteiger partial charge >= 0.3 is 0 Å². The maximum Gasteiger partial charge on any atom is 0.234 e. The Bertz CT molecular complexity index is 896. The van der Waals surface area contributed by atoms with Crippen molar-refractivity contribution in [1.82, 2.24) is 14.8 Å². The predicted octanol–water partition coefficient (Wildman–Crippen LogP) is 4.09. The number of benzene rings is 2. The lowest BCUT2D eigenvalue weighted by Gasteiger charge is -2.11. The molecular weight excluding hydrogens is 360 g/mol. The Balaban J connectivity index is 1.74. The van der Waals surface area contributed by atoms with Crippen molar-refractivity contribution < 1.29 is 9.53 Å². The van der Waals surface area contributed by atoms with E-state index in [1.807, 2.05) is 73.0 Å². The first kappa shape index (κ1) is 19.0. The van der Waals surface area contributed by atoms with Crippen molar-refractivity contribution in [2.75, 3.05) is 17.7 Å². The lowest BCUT2D eigenvalue weighted by molar-refractivity contribution is -0.113. The Morgan fingerprint density at radius 2 is 1.81 bits per heavy atom. The highest BCUT2D eigenvalue weighted by molar-refractivity contribution is 7.99. The van der Waals surface area contributed by atoms with Gasteiger partial charge in [0.1, 0.15) is 5.75 Å². The van der Waals surface area contributed by atoms with E-state index in [2.05, 4.69) is 15.5 Å². The van der Waals surface area contributed by atoms with E-state index in [0.717, 1.165) is 22.8 Å². The molecule has 0 bridgehead atoms. The third kappa shape index (κ3) is 4.68. The number of nitrogens with zero attached hydrogens (tertiary/aromatic N) is 3. The van der Waals surface area contributed by atoms with Crippen molar-refractivity contribution in [3.63, 3.8) is 0 Å². The minimum absolute atomic E-state index is 0.0758. The average molecular weight is 382 g/mol. The second-order valence-electron chi connectivity index (χ2n) is 5.68. The molecule has 0 radical (unpaired) electrons. The van der Waals surface area contributed by atoms with Gasteiger partial charge in [0.2, 0.25) is 5.91 Å². The van der Waals surface area contributed by atoms with Gasteiger partial charge in [-0.05, 0) is 38.1 Å². The normalized spacial score (nSPS) is 10.6. The van der Waals surface area contributed by atoms with Crippen LogP contribution in [0.5, 0.6) is 5.75 Å². The van der Waals surface area contributed by atoms with E-state index in [1.165, 1.54) is 11.8 Å². The highest BCUT2D eigenvalue weighted by Gasteiger charge is 2.17. The maximum atomic E-state index is 12.2. The molecule has 140 valence electrons. The van der Waals surface area contributed by atoms with Crippen LogP contribution in [0.3, 0.4) is 0 Å². The number of para-hydroxylation sites is 2. The third-order valence-electron chi connectivity index (χ3n) is 3.85. The highest BCUT2D eigenvalue weighted by Crippen LogP contribution is 2.31. The molecule has 0 unspecified atom stereocenters. The van der Waals surface area contributed by atoms with E-state index >= 15 is 0 Å². The first-order valence-electron chi connectivity index (χ1n) is 8.86. The maximum absolute atomic E-state index is 12.2. The van der Waals surface area contributed by atoms with Gasteiger partial charge in [-0.25, -0.2) is 0 Å². The molecule has 0 fully saturated rings. The number of carbonyl (C=O) groups is 1. The largest absolute Gasteiger partial charge is 0.493 e. The topological polar surface area (TPSA) is 69.0 Å². The Kier molecular flexibility index (Phi) is 6.49. The van der Waals surface area contributed by atoms with E-state index in [0.29, 0.717) is 18.3 Å². The van der Waals surface area contributed by atoms with Crippen molar-refractivity contribution >= 4 is 23.4 Å². The van der Waals surface area contributed by atoms with Gasteiger partial charge < -0.3 is 14.6 Å². The summed E-state index contributed by atoms with van der Waals surface area (Å²) in [6.07, 6.45) is 0. The van der Waals surface area contributed by atoms with Gasteiger partial charge in [-0.2, -0.15) is 0 Å². The van der Waals surface area contributed by atoms with Crippen LogP contribution in [0.4, 0.5) is 5.69 Å². The number of anilines is 1. The van der Waals surface area contributed by atoms with Gasteiger partial charge in [0.05, 0.1) is 17.9 Å². The molecule has 3 aromatic rings. The molecule has 3 rings (SSSR count). The average Bonchev–Trinajstić information content (AvgIpc) is 3.10. The zero-order chi connectivity index (χ0) is 19.1. The van der Waals surface area contributed by atoms with Crippen LogP contribution in [0.2, 0.25) is 0 Å². The van der Waals surface area contributed by atoms with Crippen LogP contribution < -0.4 is 10.1 Å². The number of rotatable bonds is 8. The highest BCUT2D eigenvalue weighted by atomic mass is 32.2. The number of hydrogen-bond acceptors (Lipinski definition) is 5. The Hall–Kier alpha value is -2.80. The molecule has 0 aliphatic heterocycles. The number of carbonyl (C=O) groups excluding carboxylic acids is 1. The predicted molar refractivity (Wildman–Crippen MR) is 108 cm³/mol. The molecule has 0 spiro atoms. The molecule has 6 nitrogen and oxygen atoms in total. The van der Waals surface area contributed by atoms with Crippen LogP contribution in [0, 0.1) is 0 Å². The standard InChI is InChI=1S/C20H22N4O2S/c1-3-24-19(16-12-8-9-13-17(16)26-4-2)22-23-20(24)27-14-18(25)21-15-10-6-5-7-11-15/h5-13H,3-4,14H2,1-2H3,(H,21,25). The van der Waals surface area contributed by atoms with Gasteiger partial charge in [0, 0.05) is 12.2 Å². The van der Waals surface area contributed by atoms with E-state index < -0.39 is 0 Å². The van der Waals surface area contributed by atoms with Crippen LogP contribution in [0.15, 0.2) is 59.8 Å². The van der Waals surface area contributed by atoms with Gasteiger partial charge in [0.25, 0.3) is 0 Å². The number of thioether (sulfide) groups is 1. The lowest BCUT2D eigenvalue weighted by Crippen LogP contribution is -2.14. The first-order chi connectivity index (χ1) is 13.2. The van der Waals surface area contributed by atoms with Crippen molar-refractivity contribution in [2.45, 2.75) is 25.5 Å². The number of ether oxygens (including phenoxy) is 1. The molecule has 0 saturated carbocycles. The smallest absolute Gasteiger partial charge is 0.234 e. The van der Waals surface area contributed by atoms with Gasteiger partial charge in [-0.1, -0.05) is 42.1 Å². The quantitative estimate of drug-likeness (QED) is 0.594. The molecular formula is C20H22N4O2S. The van der Waals surface area contributed by atoms with Crippen molar-refractivity contribution in [2.24, 2.45) is 0 Å². The molecule has 1 heterocycles. The zero-order valence-electron chi connectivity index (χ0n) is 15.4. The fraction of sp³-hybridized carbons (Fsp3) is 0.250. The molecule has 1 N–H and O–H groups in total. The van der Waals surface area contributed by atoms with Crippen LogP contribution in [-0.2, 0) is 11.3 Å². The Morgan fingerprint density at radius 3 is 2.56 bits per heavy atom. The second kappa shape index (κ2) is 9.23. The summed E-state index contributed by atoms with van der Waals surface area (Å²) < 4.78 is 7.71. The monoisotopic (exact) mass is 382 g/mol. The summed E-state index contributed by atoms with van der Waals surface area (Å²) in [5.74, 6) is 1.71.